The molecule has 1 unspecified atom stereocenters. The summed E-state index contributed by atoms with van der Waals surface area (Å²) in [5.41, 5.74) is 0. The molecular weight excluding hydrogens is 168 g/mol. The molecule has 2 nitrogen and oxygen atoms in total. The van der Waals surface area contributed by atoms with Crippen molar-refractivity contribution in [1.29, 1.82) is 0 Å². The molecule has 1 fully saturated rings. The maximum atomic E-state index is 3.41. The van der Waals surface area contributed by atoms with Crippen LogP contribution in [-0.2, 0) is 0 Å². The fraction of sp³-hybridized carbons (Fsp3) is 1.00. The summed E-state index contributed by atoms with van der Waals surface area (Å²) in [4.78, 5) is 2.27. The average Bonchev–Trinajstić information content (AvgIpc) is 2.14. The van der Waals surface area contributed by atoms with E-state index in [9.17, 15) is 0 Å². The Hall–Kier alpha value is 0.400. The minimum atomic E-state index is 0.667. The molecule has 1 saturated heterocycles. The minimum absolute atomic E-state index is 0.667. The Bertz CT molecular complexity index is 76.8. The molecule has 3 heteroatoms. The van der Waals surface area contributed by atoms with E-state index in [4.69, 9.17) is 0 Å². The smallest absolute Gasteiger partial charge is 0.0481 e. The van der Waals surface area contributed by atoms with E-state index in [1.165, 1.54) is 6.54 Å². The van der Waals surface area contributed by atoms with Crippen molar-refractivity contribution in [2.45, 2.75) is 6.04 Å². The Morgan fingerprint density at radius 1 is 1.88 bits per heavy atom. The van der Waals surface area contributed by atoms with Crippen molar-refractivity contribution in [3.8, 4) is 0 Å². The van der Waals surface area contributed by atoms with Crippen molar-refractivity contribution >= 4 is 15.9 Å². The zero-order valence-corrected chi connectivity index (χ0v) is 6.61. The summed E-state index contributed by atoms with van der Waals surface area (Å²) in [6.45, 7) is 2.21. The van der Waals surface area contributed by atoms with E-state index in [0.717, 1.165) is 12.0 Å². The first kappa shape index (κ1) is 6.52. The lowest BCUT2D eigenvalue weighted by atomic mass is 10.4. The van der Waals surface area contributed by atoms with Crippen LogP contribution in [0.4, 0.5) is 0 Å². The van der Waals surface area contributed by atoms with Crippen LogP contribution in [0.2, 0.25) is 0 Å². The van der Waals surface area contributed by atoms with Gasteiger partial charge >= 0.3 is 0 Å². The van der Waals surface area contributed by atoms with Gasteiger partial charge in [0.05, 0.1) is 0 Å². The first-order valence-corrected chi connectivity index (χ1v) is 3.93. The lowest BCUT2D eigenvalue weighted by molar-refractivity contribution is 0.408. The summed E-state index contributed by atoms with van der Waals surface area (Å²) in [6.07, 6.45) is 0. The summed E-state index contributed by atoms with van der Waals surface area (Å²) in [7, 11) is 2.12. The van der Waals surface area contributed by atoms with Gasteiger partial charge in [-0.05, 0) is 7.05 Å². The summed E-state index contributed by atoms with van der Waals surface area (Å²) < 4.78 is 0. The normalized spacial score (nSPS) is 31.5. The molecule has 0 radical (unpaired) electrons. The van der Waals surface area contributed by atoms with Crippen molar-refractivity contribution in [3.05, 3.63) is 0 Å². The Balaban J connectivity index is 2.22. The molecule has 0 aromatic rings. The van der Waals surface area contributed by atoms with Gasteiger partial charge in [0.25, 0.3) is 0 Å². The Kier molecular flexibility index (Phi) is 2.28. The second kappa shape index (κ2) is 2.80. The first-order chi connectivity index (χ1) is 3.83. The van der Waals surface area contributed by atoms with Gasteiger partial charge in [0, 0.05) is 24.6 Å². The molecule has 0 bridgehead atoms. The van der Waals surface area contributed by atoms with E-state index >= 15 is 0 Å². The third-order valence-electron chi connectivity index (χ3n) is 1.37. The number of nitrogens with one attached hydrogen (secondary N) is 1. The van der Waals surface area contributed by atoms with Gasteiger partial charge in [0.15, 0.2) is 0 Å². The minimum Gasteiger partial charge on any atom is -0.299 e. The number of rotatable bonds is 1. The van der Waals surface area contributed by atoms with E-state index in [1.807, 2.05) is 0 Å². The van der Waals surface area contributed by atoms with Crippen LogP contribution in [0.3, 0.4) is 0 Å². The van der Waals surface area contributed by atoms with Crippen LogP contribution >= 0.6 is 15.9 Å². The molecule has 0 aromatic carbocycles. The van der Waals surface area contributed by atoms with Gasteiger partial charge in [-0.1, -0.05) is 15.9 Å². The van der Waals surface area contributed by atoms with Gasteiger partial charge in [-0.2, -0.15) is 0 Å². The van der Waals surface area contributed by atoms with Crippen LogP contribution in [0.5, 0.6) is 0 Å². The van der Waals surface area contributed by atoms with Crippen LogP contribution in [0.15, 0.2) is 0 Å². The number of alkyl halides is 1. The quantitative estimate of drug-likeness (QED) is 0.580. The standard InChI is InChI=1S/C5H11BrN2/c1-8-3-5(2-6)7-4-8/h5,7H,2-4H2,1H3. The lowest BCUT2D eigenvalue weighted by Crippen LogP contribution is -2.24. The van der Waals surface area contributed by atoms with E-state index in [2.05, 4.69) is 33.2 Å². The van der Waals surface area contributed by atoms with Crippen molar-refractivity contribution in [3.63, 3.8) is 0 Å². The molecule has 0 saturated carbocycles. The molecule has 1 aliphatic heterocycles. The van der Waals surface area contributed by atoms with Gasteiger partial charge in [-0.15, -0.1) is 0 Å². The van der Waals surface area contributed by atoms with Crippen molar-refractivity contribution < 1.29 is 0 Å². The fourth-order valence-electron chi connectivity index (χ4n) is 0.894. The molecule has 0 aromatic heterocycles. The van der Waals surface area contributed by atoms with Gasteiger partial charge in [0.1, 0.15) is 0 Å². The molecule has 8 heavy (non-hydrogen) atoms. The van der Waals surface area contributed by atoms with Gasteiger partial charge in [-0.3, -0.25) is 10.2 Å². The maximum absolute atomic E-state index is 3.41. The largest absolute Gasteiger partial charge is 0.299 e. The molecule has 0 aliphatic carbocycles. The third-order valence-corrected chi connectivity index (χ3v) is 2.15. The fourth-order valence-corrected chi connectivity index (χ4v) is 1.33. The molecular formula is C5H11BrN2. The highest BCUT2D eigenvalue weighted by Crippen LogP contribution is 1.99. The van der Waals surface area contributed by atoms with Gasteiger partial charge < -0.3 is 0 Å². The number of halogens is 1. The van der Waals surface area contributed by atoms with Gasteiger partial charge in [-0.25, -0.2) is 0 Å². The predicted molar refractivity (Wildman–Crippen MR) is 38.2 cm³/mol. The molecule has 1 rings (SSSR count). The molecule has 0 amide bonds. The Morgan fingerprint density at radius 2 is 2.62 bits per heavy atom. The van der Waals surface area contributed by atoms with E-state index < -0.39 is 0 Å². The van der Waals surface area contributed by atoms with Crippen LogP contribution < -0.4 is 5.32 Å². The Labute approximate surface area is 58.4 Å². The molecule has 0 spiro atoms. The first-order valence-electron chi connectivity index (χ1n) is 2.81. The monoisotopic (exact) mass is 178 g/mol. The van der Waals surface area contributed by atoms with Crippen molar-refractivity contribution in [1.82, 2.24) is 10.2 Å². The molecule has 1 N–H and O–H groups in total. The topological polar surface area (TPSA) is 15.3 Å². The summed E-state index contributed by atoms with van der Waals surface area (Å²) in [6, 6.07) is 0.667. The molecule has 1 atom stereocenters. The van der Waals surface area contributed by atoms with Gasteiger partial charge in [0.2, 0.25) is 0 Å². The third kappa shape index (κ3) is 1.44. The summed E-state index contributed by atoms with van der Waals surface area (Å²) >= 11 is 3.41. The van der Waals surface area contributed by atoms with E-state index in [1.54, 1.807) is 0 Å². The van der Waals surface area contributed by atoms with Crippen LogP contribution in [-0.4, -0.2) is 36.5 Å². The Morgan fingerprint density at radius 3 is 2.88 bits per heavy atom. The summed E-state index contributed by atoms with van der Waals surface area (Å²) in [5.74, 6) is 0. The number of nitrogens with zero attached hydrogens (tertiary/aromatic N) is 1. The van der Waals surface area contributed by atoms with Crippen LogP contribution in [0.25, 0.3) is 0 Å². The SMILES string of the molecule is CN1CNC(CBr)C1. The van der Waals surface area contributed by atoms with Crippen LogP contribution in [0, 0.1) is 0 Å². The van der Waals surface area contributed by atoms with Crippen molar-refractivity contribution in [2.24, 2.45) is 0 Å². The number of hydrogen-bond acceptors (Lipinski definition) is 2. The zero-order valence-electron chi connectivity index (χ0n) is 5.02. The molecule has 1 heterocycles. The maximum Gasteiger partial charge on any atom is 0.0481 e. The van der Waals surface area contributed by atoms with E-state index in [0.29, 0.717) is 6.04 Å². The van der Waals surface area contributed by atoms with Crippen LogP contribution in [0.1, 0.15) is 0 Å². The highest BCUT2D eigenvalue weighted by Gasteiger charge is 2.15. The molecule has 48 valence electrons. The highest BCUT2D eigenvalue weighted by atomic mass is 79.9. The molecule has 1 aliphatic rings. The number of likely N-dealkylation sites (N-methyl/N-ethyl adjacent to an activating group) is 1. The number of hydrogen-bond donors (Lipinski definition) is 1. The second-order valence-electron chi connectivity index (χ2n) is 2.25. The summed E-state index contributed by atoms with van der Waals surface area (Å²) in [5, 5.41) is 4.40. The second-order valence-corrected chi connectivity index (χ2v) is 2.90. The highest BCUT2D eigenvalue weighted by molar-refractivity contribution is 9.09. The average molecular weight is 179 g/mol. The van der Waals surface area contributed by atoms with Crippen molar-refractivity contribution in [2.75, 3.05) is 25.6 Å². The zero-order chi connectivity index (χ0) is 5.98. The predicted octanol–water partition coefficient (Wildman–Crippen LogP) is 0.242. The van der Waals surface area contributed by atoms with E-state index in [-0.39, 0.29) is 0 Å². The lowest BCUT2D eigenvalue weighted by Gasteiger charge is -2.03.